The minimum Gasteiger partial charge on any atom is -0.0656 e. The van der Waals surface area contributed by atoms with Gasteiger partial charge in [-0.15, -0.1) is 0 Å². The molecule has 54 heavy (non-hydrogen) atoms. The Morgan fingerprint density at radius 2 is 0.556 bits per heavy atom. The molecular formula is C48H84Si6. The molecule has 0 bridgehead atoms. The van der Waals surface area contributed by atoms with E-state index in [4.69, 9.17) is 0 Å². The Morgan fingerprint density at radius 1 is 0.278 bits per heavy atom. The van der Waals surface area contributed by atoms with Crippen molar-refractivity contribution in [2.75, 3.05) is 0 Å². The van der Waals surface area contributed by atoms with Crippen molar-refractivity contribution in [1.82, 2.24) is 0 Å². The van der Waals surface area contributed by atoms with Crippen molar-refractivity contribution in [1.29, 1.82) is 0 Å². The summed E-state index contributed by atoms with van der Waals surface area (Å²) in [5.74, 6) is 0. The van der Waals surface area contributed by atoms with Gasteiger partial charge < -0.3 is 0 Å². The molecule has 0 nitrogen and oxygen atoms in total. The first kappa shape index (κ1) is 45.7. The van der Waals surface area contributed by atoms with E-state index in [1.165, 1.54) is 16.2 Å². The maximum atomic E-state index is 2.86. The smallest absolute Gasteiger partial charge is 0.0656 e. The molecule has 4 aromatic rings. The lowest BCUT2D eigenvalue weighted by atomic mass is 9.99. The monoisotopic (exact) mass is 829 g/mol. The van der Waals surface area contributed by atoms with Gasteiger partial charge in [-0.25, -0.2) is 0 Å². The Labute approximate surface area is 341 Å². The Kier molecular flexibility index (Phi) is 12.7. The average Bonchev–Trinajstić information content (AvgIpc) is 2.96. The van der Waals surface area contributed by atoms with Crippen molar-refractivity contribution < 1.29 is 0 Å². The van der Waals surface area contributed by atoms with E-state index < -0.39 is 48.4 Å². The standard InChI is InChI=1S/C48H84Si6/c1-31(2)53(32(3)4,33(5)6)46-40-29-41-39(26-37(40)25-38-27-43(49(13,14)15)44(30-42(38)46)50(16,17)18)28-45(51(19,20)21)48(52(22,23)24)47(41)54(34(7)8,35(9)10)36(11)12/h25-36H,1-24H3. The van der Waals surface area contributed by atoms with Gasteiger partial charge >= 0.3 is 0 Å². The first-order valence-corrected chi connectivity index (χ1v) is 40.3. The molecule has 0 saturated carbocycles. The zero-order valence-electron chi connectivity index (χ0n) is 39.9. The molecule has 0 radical (unpaired) electrons. The highest BCUT2D eigenvalue weighted by Gasteiger charge is 2.50. The summed E-state index contributed by atoms with van der Waals surface area (Å²) in [5, 5.41) is 20.1. The van der Waals surface area contributed by atoms with E-state index in [0.717, 1.165) is 0 Å². The van der Waals surface area contributed by atoms with E-state index in [9.17, 15) is 0 Å². The maximum absolute atomic E-state index is 2.86. The molecule has 0 aliphatic carbocycles. The predicted molar refractivity (Wildman–Crippen MR) is 272 cm³/mol. The average molecular weight is 830 g/mol. The number of rotatable bonds is 12. The summed E-state index contributed by atoms with van der Waals surface area (Å²) in [6.07, 6.45) is 0. The zero-order valence-corrected chi connectivity index (χ0v) is 45.9. The van der Waals surface area contributed by atoms with E-state index >= 15 is 0 Å². The van der Waals surface area contributed by atoms with E-state index in [-0.39, 0.29) is 0 Å². The summed E-state index contributed by atoms with van der Waals surface area (Å²) in [6, 6.07) is 16.5. The summed E-state index contributed by atoms with van der Waals surface area (Å²) in [6.45, 7) is 62.6. The summed E-state index contributed by atoms with van der Waals surface area (Å²) < 4.78 is 0. The first-order chi connectivity index (χ1) is 24.3. The van der Waals surface area contributed by atoms with Crippen LogP contribution in [-0.2, 0) is 0 Å². The van der Waals surface area contributed by atoms with Gasteiger partial charge in [0.15, 0.2) is 0 Å². The Morgan fingerprint density at radius 3 is 0.889 bits per heavy atom. The van der Waals surface area contributed by atoms with Gasteiger partial charge in [-0.2, -0.15) is 0 Å². The minimum atomic E-state index is -2.13. The normalized spacial score (nSPS) is 14.6. The molecule has 4 rings (SSSR count). The van der Waals surface area contributed by atoms with Crippen molar-refractivity contribution in [3.63, 3.8) is 0 Å². The molecule has 0 spiro atoms. The van der Waals surface area contributed by atoms with Crippen LogP contribution in [0.3, 0.4) is 0 Å². The second-order valence-electron chi connectivity index (χ2n) is 23.6. The molecule has 0 heterocycles. The molecule has 0 aliphatic rings. The predicted octanol–water partition coefficient (Wildman–Crippen LogP) is 13.1. The van der Waals surface area contributed by atoms with Gasteiger partial charge in [0.05, 0.1) is 48.4 Å². The Bertz CT molecular complexity index is 1970. The molecule has 0 fully saturated rings. The number of hydrogen-bond acceptors (Lipinski definition) is 0. The van der Waals surface area contributed by atoms with Gasteiger partial charge in [-0.3, -0.25) is 0 Å². The second-order valence-corrected chi connectivity index (χ2v) is 55.4. The van der Waals surface area contributed by atoms with E-state index in [1.54, 1.807) is 36.9 Å². The van der Waals surface area contributed by atoms with Crippen molar-refractivity contribution in [3.05, 3.63) is 36.4 Å². The molecular weight excluding hydrogens is 745 g/mol. The van der Waals surface area contributed by atoms with Crippen molar-refractivity contribution in [3.8, 4) is 0 Å². The lowest BCUT2D eigenvalue weighted by molar-refractivity contribution is 0.836. The van der Waals surface area contributed by atoms with Crippen molar-refractivity contribution in [2.45, 2.75) is 195 Å². The third kappa shape index (κ3) is 7.42. The van der Waals surface area contributed by atoms with E-state index in [2.05, 4.69) is 198 Å². The lowest BCUT2D eigenvalue weighted by Crippen LogP contribution is -2.71. The van der Waals surface area contributed by atoms with Crippen LogP contribution in [0.25, 0.3) is 32.3 Å². The highest BCUT2D eigenvalue weighted by molar-refractivity contribution is 7.07. The molecule has 0 N–H and O–H groups in total. The van der Waals surface area contributed by atoms with Gasteiger partial charge in [-0.1, -0.05) is 206 Å². The molecule has 0 amide bonds. The van der Waals surface area contributed by atoms with Crippen LogP contribution < -0.4 is 31.1 Å². The minimum absolute atomic E-state index is 0.635. The first-order valence-electron chi connectivity index (χ1n) is 21.9. The van der Waals surface area contributed by atoms with Crippen LogP contribution in [0, 0.1) is 0 Å². The fourth-order valence-corrected chi connectivity index (χ4v) is 39.0. The van der Waals surface area contributed by atoms with Crippen molar-refractivity contribution >= 4 is 112 Å². The van der Waals surface area contributed by atoms with Crippen LogP contribution in [-0.4, -0.2) is 48.4 Å². The number of fused-ring (bicyclic) bond motifs is 3. The molecule has 0 atom stereocenters. The molecule has 0 saturated heterocycles. The summed E-state index contributed by atoms with van der Waals surface area (Å²) in [5.41, 5.74) is 3.89. The van der Waals surface area contributed by atoms with E-state index in [1.807, 2.05) is 10.4 Å². The molecule has 300 valence electrons. The second kappa shape index (κ2) is 15.0. The quantitative estimate of drug-likeness (QED) is 0.0986. The fourth-order valence-electron chi connectivity index (χ4n) is 12.3. The van der Waals surface area contributed by atoms with Gasteiger partial charge in [-0.05, 0) is 89.0 Å². The Hall–Kier alpha value is -1.04. The molecule has 0 aromatic heterocycles. The van der Waals surface area contributed by atoms with Crippen LogP contribution in [0.2, 0.25) is 112 Å². The molecule has 4 aromatic carbocycles. The molecule has 6 heteroatoms. The Balaban J connectivity index is 2.60. The topological polar surface area (TPSA) is 0 Å². The van der Waals surface area contributed by atoms with Gasteiger partial charge in [0.25, 0.3) is 0 Å². The molecule has 0 aliphatic heterocycles. The zero-order chi connectivity index (χ0) is 41.6. The summed E-state index contributed by atoms with van der Waals surface area (Å²) in [7, 11) is -10.9. The van der Waals surface area contributed by atoms with Gasteiger partial charge in [0, 0.05) is 0 Å². The van der Waals surface area contributed by atoms with Crippen LogP contribution in [0.1, 0.15) is 83.1 Å². The highest BCUT2D eigenvalue weighted by Crippen LogP contribution is 2.46. The number of hydrogen-bond donors (Lipinski definition) is 0. The fraction of sp³-hybridized carbons (Fsp3) is 0.625. The van der Waals surface area contributed by atoms with Gasteiger partial charge in [0.2, 0.25) is 0 Å². The van der Waals surface area contributed by atoms with Crippen LogP contribution >= 0.6 is 0 Å². The third-order valence-corrected chi connectivity index (χ3v) is 37.2. The summed E-state index contributed by atoms with van der Waals surface area (Å²) >= 11 is 0. The van der Waals surface area contributed by atoms with Gasteiger partial charge in [0.1, 0.15) is 0 Å². The van der Waals surface area contributed by atoms with Crippen LogP contribution in [0.4, 0.5) is 0 Å². The largest absolute Gasteiger partial charge is 0.0958 e. The van der Waals surface area contributed by atoms with Crippen molar-refractivity contribution in [2.24, 2.45) is 0 Å². The lowest BCUT2D eigenvalue weighted by Gasteiger charge is -2.48. The summed E-state index contributed by atoms with van der Waals surface area (Å²) in [4.78, 5) is 0. The van der Waals surface area contributed by atoms with E-state index in [0.29, 0.717) is 33.2 Å². The number of benzene rings is 4. The SMILES string of the molecule is CC(C)[Si](c1c([Si](C)(C)C)c([Si](C)(C)C)cc2cc3cc4cc([Si](C)(C)C)c([Si](C)(C)C)cc4c([Si](C(C)C)(C(C)C)C(C)C)c3cc12)(C(C)C)C(C)C. The molecule has 0 unspecified atom stereocenters. The third-order valence-electron chi connectivity index (χ3n) is 14.1. The highest BCUT2D eigenvalue weighted by atomic mass is 28.3. The maximum Gasteiger partial charge on any atom is 0.0958 e. The van der Waals surface area contributed by atoms with Crippen LogP contribution in [0.5, 0.6) is 0 Å². The van der Waals surface area contributed by atoms with Crippen LogP contribution in [0.15, 0.2) is 36.4 Å².